The highest BCUT2D eigenvalue weighted by Crippen LogP contribution is 2.19. The highest BCUT2D eigenvalue weighted by molar-refractivity contribution is 7.12. The van der Waals surface area contributed by atoms with E-state index in [0.717, 1.165) is 44.0 Å². The van der Waals surface area contributed by atoms with Gasteiger partial charge in [0.25, 0.3) is 5.91 Å². The maximum absolute atomic E-state index is 12.6. The minimum Gasteiger partial charge on any atom is -0.381 e. The van der Waals surface area contributed by atoms with Gasteiger partial charge in [0, 0.05) is 32.3 Å². The van der Waals surface area contributed by atoms with Gasteiger partial charge in [0.1, 0.15) is 0 Å². The maximum atomic E-state index is 12.6. The van der Waals surface area contributed by atoms with E-state index in [1.54, 1.807) is 0 Å². The lowest BCUT2D eigenvalue weighted by Crippen LogP contribution is -2.46. The molecule has 0 spiro atoms. The third kappa shape index (κ3) is 4.03. The molecule has 0 radical (unpaired) electrons. The van der Waals surface area contributed by atoms with Crippen molar-refractivity contribution in [2.75, 3.05) is 40.4 Å². The number of rotatable bonds is 5. The Bertz CT molecular complexity index is 386. The lowest BCUT2D eigenvalue weighted by atomic mass is 10.1. The molecule has 0 bridgehead atoms. The van der Waals surface area contributed by atoms with E-state index in [4.69, 9.17) is 4.74 Å². The normalized spacial score (nSPS) is 16.8. The Kier molecular flexibility index (Phi) is 5.36. The lowest BCUT2D eigenvalue weighted by molar-refractivity contribution is 0.0279. The SMILES string of the molecule is CN(C)CCN(C(=O)c1cccs1)C1CCOCC1. The second kappa shape index (κ2) is 7.03. The van der Waals surface area contributed by atoms with E-state index in [-0.39, 0.29) is 5.91 Å². The van der Waals surface area contributed by atoms with Crippen molar-refractivity contribution < 1.29 is 9.53 Å². The molecule has 1 aromatic heterocycles. The van der Waals surface area contributed by atoms with Crippen LogP contribution in [0.15, 0.2) is 17.5 Å². The standard InChI is InChI=1S/C14H22N2O2S/c1-15(2)7-8-16(12-5-9-18-10-6-12)14(17)13-4-3-11-19-13/h3-4,11-12H,5-10H2,1-2H3. The molecule has 0 aliphatic carbocycles. The van der Waals surface area contributed by atoms with Crippen molar-refractivity contribution in [2.24, 2.45) is 0 Å². The molecule has 0 aromatic carbocycles. The summed E-state index contributed by atoms with van der Waals surface area (Å²) in [4.78, 5) is 17.6. The van der Waals surface area contributed by atoms with Crippen LogP contribution in [-0.2, 0) is 4.74 Å². The number of ether oxygens (including phenoxy) is 1. The molecule has 1 aliphatic heterocycles. The summed E-state index contributed by atoms with van der Waals surface area (Å²) in [6, 6.07) is 4.17. The smallest absolute Gasteiger partial charge is 0.264 e. The molecule has 106 valence electrons. The summed E-state index contributed by atoms with van der Waals surface area (Å²) in [6.45, 7) is 3.21. The predicted octanol–water partition coefficient (Wildman–Crippen LogP) is 1.93. The molecule has 0 unspecified atom stereocenters. The number of hydrogen-bond acceptors (Lipinski definition) is 4. The third-order valence-electron chi connectivity index (χ3n) is 3.41. The van der Waals surface area contributed by atoms with Crippen molar-refractivity contribution in [1.82, 2.24) is 9.80 Å². The van der Waals surface area contributed by atoms with Gasteiger partial charge in [0.15, 0.2) is 0 Å². The van der Waals surface area contributed by atoms with Gasteiger partial charge in [-0.1, -0.05) is 6.07 Å². The van der Waals surface area contributed by atoms with Gasteiger partial charge in [-0.25, -0.2) is 0 Å². The molecule has 1 amide bonds. The van der Waals surface area contributed by atoms with Gasteiger partial charge in [-0.05, 0) is 38.4 Å². The molecule has 19 heavy (non-hydrogen) atoms. The van der Waals surface area contributed by atoms with E-state index in [1.165, 1.54) is 11.3 Å². The van der Waals surface area contributed by atoms with Crippen LogP contribution in [-0.4, -0.2) is 62.1 Å². The first-order valence-electron chi connectivity index (χ1n) is 6.75. The van der Waals surface area contributed by atoms with Crippen LogP contribution in [0.3, 0.4) is 0 Å². The second-order valence-corrected chi connectivity index (χ2v) is 6.07. The van der Waals surface area contributed by atoms with Gasteiger partial charge in [-0.15, -0.1) is 11.3 Å². The minimum absolute atomic E-state index is 0.170. The molecule has 4 nitrogen and oxygen atoms in total. The number of hydrogen-bond donors (Lipinski definition) is 0. The van der Waals surface area contributed by atoms with E-state index < -0.39 is 0 Å². The fraction of sp³-hybridized carbons (Fsp3) is 0.643. The van der Waals surface area contributed by atoms with E-state index >= 15 is 0 Å². The first-order chi connectivity index (χ1) is 9.18. The molecular weight excluding hydrogens is 260 g/mol. The van der Waals surface area contributed by atoms with Gasteiger partial charge in [-0.3, -0.25) is 4.79 Å². The molecule has 1 fully saturated rings. The number of amides is 1. The van der Waals surface area contributed by atoms with Gasteiger partial charge >= 0.3 is 0 Å². The van der Waals surface area contributed by atoms with Crippen molar-refractivity contribution in [3.05, 3.63) is 22.4 Å². The summed E-state index contributed by atoms with van der Waals surface area (Å²) in [5.41, 5.74) is 0. The Morgan fingerprint density at radius 3 is 2.68 bits per heavy atom. The van der Waals surface area contributed by atoms with Crippen molar-refractivity contribution in [1.29, 1.82) is 0 Å². The van der Waals surface area contributed by atoms with E-state index in [1.807, 2.05) is 36.5 Å². The summed E-state index contributed by atoms with van der Waals surface area (Å²) in [5.74, 6) is 0.170. The van der Waals surface area contributed by atoms with Crippen LogP contribution in [0.1, 0.15) is 22.5 Å². The molecule has 2 heterocycles. The summed E-state index contributed by atoms with van der Waals surface area (Å²) in [7, 11) is 4.08. The van der Waals surface area contributed by atoms with Crippen LogP contribution in [0.2, 0.25) is 0 Å². The molecule has 1 aliphatic rings. The minimum atomic E-state index is 0.170. The van der Waals surface area contributed by atoms with Crippen LogP contribution >= 0.6 is 11.3 Å². The number of thiophene rings is 1. The van der Waals surface area contributed by atoms with Crippen LogP contribution in [0.5, 0.6) is 0 Å². The largest absolute Gasteiger partial charge is 0.381 e. The lowest BCUT2D eigenvalue weighted by Gasteiger charge is -2.34. The van der Waals surface area contributed by atoms with E-state index in [2.05, 4.69) is 4.90 Å². The topological polar surface area (TPSA) is 32.8 Å². The third-order valence-corrected chi connectivity index (χ3v) is 4.27. The Morgan fingerprint density at radius 1 is 1.37 bits per heavy atom. The molecule has 0 atom stereocenters. The van der Waals surface area contributed by atoms with E-state index in [0.29, 0.717) is 6.04 Å². The number of likely N-dealkylation sites (N-methyl/N-ethyl adjacent to an activating group) is 1. The summed E-state index contributed by atoms with van der Waals surface area (Å²) in [6.07, 6.45) is 1.90. The zero-order valence-corrected chi connectivity index (χ0v) is 12.5. The van der Waals surface area contributed by atoms with Crippen LogP contribution in [0, 0.1) is 0 Å². The van der Waals surface area contributed by atoms with Crippen molar-refractivity contribution in [2.45, 2.75) is 18.9 Å². The van der Waals surface area contributed by atoms with Gasteiger partial charge in [0.2, 0.25) is 0 Å². The zero-order valence-electron chi connectivity index (χ0n) is 11.7. The fourth-order valence-corrected chi connectivity index (χ4v) is 2.98. The Balaban J connectivity index is 2.06. The predicted molar refractivity (Wildman–Crippen MR) is 77.8 cm³/mol. The number of carbonyl (C=O) groups is 1. The van der Waals surface area contributed by atoms with Crippen LogP contribution in [0.4, 0.5) is 0 Å². The van der Waals surface area contributed by atoms with Gasteiger partial charge in [0.05, 0.1) is 4.88 Å². The highest BCUT2D eigenvalue weighted by Gasteiger charge is 2.26. The number of nitrogens with zero attached hydrogens (tertiary/aromatic N) is 2. The highest BCUT2D eigenvalue weighted by atomic mass is 32.1. The van der Waals surface area contributed by atoms with Gasteiger partial charge < -0.3 is 14.5 Å². The Hall–Kier alpha value is -0.910. The summed E-state index contributed by atoms with van der Waals surface area (Å²) < 4.78 is 5.40. The first-order valence-corrected chi connectivity index (χ1v) is 7.63. The Morgan fingerprint density at radius 2 is 2.11 bits per heavy atom. The van der Waals surface area contributed by atoms with Crippen molar-refractivity contribution in [3.8, 4) is 0 Å². The molecule has 2 rings (SSSR count). The summed E-state index contributed by atoms with van der Waals surface area (Å²) >= 11 is 1.52. The summed E-state index contributed by atoms with van der Waals surface area (Å²) in [5, 5.41) is 1.96. The molecule has 0 N–H and O–H groups in total. The quantitative estimate of drug-likeness (QED) is 0.827. The monoisotopic (exact) mass is 282 g/mol. The second-order valence-electron chi connectivity index (χ2n) is 5.12. The van der Waals surface area contributed by atoms with Crippen molar-refractivity contribution >= 4 is 17.2 Å². The van der Waals surface area contributed by atoms with E-state index in [9.17, 15) is 4.79 Å². The molecule has 1 aromatic rings. The molecule has 1 saturated heterocycles. The number of carbonyl (C=O) groups excluding carboxylic acids is 1. The molecule has 0 saturated carbocycles. The van der Waals surface area contributed by atoms with Crippen LogP contribution < -0.4 is 0 Å². The first kappa shape index (κ1) is 14.5. The fourth-order valence-electron chi connectivity index (χ4n) is 2.30. The van der Waals surface area contributed by atoms with Gasteiger partial charge in [-0.2, -0.15) is 0 Å². The Labute approximate surface area is 119 Å². The average Bonchev–Trinajstić information content (AvgIpc) is 2.93. The maximum Gasteiger partial charge on any atom is 0.264 e. The zero-order chi connectivity index (χ0) is 13.7. The van der Waals surface area contributed by atoms with Crippen LogP contribution in [0.25, 0.3) is 0 Å². The molecule has 5 heteroatoms. The molecular formula is C14H22N2O2S. The van der Waals surface area contributed by atoms with Crippen molar-refractivity contribution in [3.63, 3.8) is 0 Å². The average molecular weight is 282 g/mol.